The maximum atomic E-state index is 13.0. The maximum absolute atomic E-state index is 13.0. The Kier molecular flexibility index (Phi) is 7.98. The zero-order valence-corrected chi connectivity index (χ0v) is 24.5. The molecule has 36 heavy (non-hydrogen) atoms. The Bertz CT molecular complexity index is 828. The highest BCUT2D eigenvalue weighted by Gasteiger charge is 2.61. The van der Waals surface area contributed by atoms with E-state index in [9.17, 15) is 9.90 Å². The first-order valence-electron chi connectivity index (χ1n) is 15.1. The number of aliphatic hydroxyl groups excluding tert-OH is 1. The largest absolute Gasteiger partial charge is 0.444 e. The first-order chi connectivity index (χ1) is 16.7. The van der Waals surface area contributed by atoms with Crippen molar-refractivity contribution in [2.75, 3.05) is 0 Å². The van der Waals surface area contributed by atoms with Gasteiger partial charge in [0, 0.05) is 0 Å². The van der Waals surface area contributed by atoms with E-state index in [0.29, 0.717) is 23.2 Å². The molecule has 1 amide bonds. The van der Waals surface area contributed by atoms with E-state index in [2.05, 4.69) is 46.0 Å². The van der Waals surface area contributed by atoms with Crippen LogP contribution in [0.1, 0.15) is 120 Å². The Morgan fingerprint density at radius 2 is 1.81 bits per heavy atom. The van der Waals surface area contributed by atoms with Gasteiger partial charge in [0.25, 0.3) is 0 Å². The molecular formula is C32H55NO3. The third-order valence-corrected chi connectivity index (χ3v) is 11.0. The molecule has 3 fully saturated rings. The molecule has 0 heterocycles. The van der Waals surface area contributed by atoms with Gasteiger partial charge in [0.1, 0.15) is 5.60 Å². The van der Waals surface area contributed by atoms with Gasteiger partial charge in [0.05, 0.1) is 12.1 Å². The van der Waals surface area contributed by atoms with Crippen LogP contribution in [-0.4, -0.2) is 28.9 Å². The van der Waals surface area contributed by atoms with Gasteiger partial charge in [-0.15, -0.1) is 0 Å². The van der Waals surface area contributed by atoms with Crippen LogP contribution in [0.2, 0.25) is 0 Å². The lowest BCUT2D eigenvalue weighted by molar-refractivity contribution is -0.0680. The second-order valence-corrected chi connectivity index (χ2v) is 15.0. The molecular weight excluding hydrogens is 446 g/mol. The average Bonchev–Trinajstić information content (AvgIpc) is 3.10. The second-order valence-electron chi connectivity index (χ2n) is 15.0. The number of aliphatic hydroxyl groups is 1. The second kappa shape index (κ2) is 10.3. The van der Waals surface area contributed by atoms with Crippen LogP contribution >= 0.6 is 0 Å². The normalized spacial score (nSPS) is 41.1. The first-order valence-corrected chi connectivity index (χ1v) is 15.1. The van der Waals surface area contributed by atoms with Crippen LogP contribution in [0.25, 0.3) is 0 Å². The number of ether oxygens (including phenoxy) is 1. The summed E-state index contributed by atoms with van der Waals surface area (Å²) in [6.07, 6.45) is 13.7. The third kappa shape index (κ3) is 5.40. The van der Waals surface area contributed by atoms with Crippen LogP contribution in [-0.2, 0) is 4.74 Å². The highest BCUT2D eigenvalue weighted by Crippen LogP contribution is 2.67. The van der Waals surface area contributed by atoms with E-state index in [0.717, 1.165) is 37.0 Å². The summed E-state index contributed by atoms with van der Waals surface area (Å²) in [5.74, 6) is 3.99. The highest BCUT2D eigenvalue weighted by molar-refractivity contribution is 5.68. The van der Waals surface area contributed by atoms with Gasteiger partial charge in [0.2, 0.25) is 0 Å². The number of hydrogen-bond acceptors (Lipinski definition) is 3. The average molecular weight is 502 g/mol. The molecule has 0 spiro atoms. The van der Waals surface area contributed by atoms with Crippen molar-refractivity contribution in [1.29, 1.82) is 0 Å². The molecule has 9 atom stereocenters. The third-order valence-electron chi connectivity index (χ3n) is 11.0. The van der Waals surface area contributed by atoms with Crippen molar-refractivity contribution < 1.29 is 14.6 Å². The molecule has 4 aliphatic rings. The molecule has 0 aliphatic heterocycles. The summed E-state index contributed by atoms with van der Waals surface area (Å²) >= 11 is 0. The van der Waals surface area contributed by atoms with Crippen molar-refractivity contribution in [1.82, 2.24) is 5.32 Å². The SMILES string of the molecule is CC(C)CCC[C@@H](C)[C@H]1CC[C@H]2[C@@H]3[C@@H](NC(=O)OC(C)(C)C)C=C4C[C@@H](O)CC[C@]4(C)[C@H]3CC[C@]12C. The van der Waals surface area contributed by atoms with Crippen molar-refractivity contribution >= 4 is 6.09 Å². The van der Waals surface area contributed by atoms with Gasteiger partial charge in [0.15, 0.2) is 0 Å². The van der Waals surface area contributed by atoms with E-state index in [1.54, 1.807) is 0 Å². The van der Waals surface area contributed by atoms with Gasteiger partial charge in [-0.3, -0.25) is 0 Å². The summed E-state index contributed by atoms with van der Waals surface area (Å²) < 4.78 is 5.73. The lowest BCUT2D eigenvalue weighted by atomic mass is 9.46. The smallest absolute Gasteiger partial charge is 0.408 e. The minimum atomic E-state index is -0.508. The molecule has 0 bridgehead atoms. The van der Waals surface area contributed by atoms with Crippen molar-refractivity contribution in [2.24, 2.45) is 46.3 Å². The predicted molar refractivity (Wildman–Crippen MR) is 148 cm³/mol. The van der Waals surface area contributed by atoms with Gasteiger partial charge in [-0.25, -0.2) is 4.79 Å². The van der Waals surface area contributed by atoms with Crippen LogP contribution in [0.5, 0.6) is 0 Å². The monoisotopic (exact) mass is 501 g/mol. The Balaban J connectivity index is 1.61. The Morgan fingerprint density at radius 1 is 1.08 bits per heavy atom. The van der Waals surface area contributed by atoms with E-state index in [4.69, 9.17) is 4.74 Å². The van der Waals surface area contributed by atoms with Crippen LogP contribution in [0.4, 0.5) is 4.79 Å². The van der Waals surface area contributed by atoms with Gasteiger partial charge in [-0.05, 0) is 112 Å². The molecule has 4 aliphatic carbocycles. The fourth-order valence-corrected chi connectivity index (χ4v) is 9.27. The van der Waals surface area contributed by atoms with Gasteiger partial charge >= 0.3 is 6.09 Å². The molecule has 0 aromatic heterocycles. The van der Waals surface area contributed by atoms with Gasteiger partial charge in [-0.2, -0.15) is 0 Å². The first kappa shape index (κ1) is 28.0. The zero-order chi connectivity index (χ0) is 26.5. The van der Waals surface area contributed by atoms with E-state index in [1.807, 2.05) is 20.8 Å². The summed E-state index contributed by atoms with van der Waals surface area (Å²) in [5, 5.41) is 13.9. The number of carbonyl (C=O) groups is 1. The zero-order valence-electron chi connectivity index (χ0n) is 24.5. The standard InChI is InChI=1S/C32H55NO3/c1-20(2)10-9-11-21(3)24-12-13-25-28-26(15-17-32(24,25)8)31(7)16-14-23(34)18-22(31)19-27(28)33-29(35)36-30(4,5)6/h19-21,23-28,34H,9-18H2,1-8H3,(H,33,35)/t21-,23+,24-,25+,26+,27+,28+,31+,32-/m1/s1. The molecule has 4 nitrogen and oxygen atoms in total. The quantitative estimate of drug-likeness (QED) is 0.364. The van der Waals surface area contributed by atoms with Crippen molar-refractivity contribution in [3.63, 3.8) is 0 Å². The Morgan fingerprint density at radius 3 is 2.47 bits per heavy atom. The topological polar surface area (TPSA) is 58.6 Å². The number of rotatable bonds is 6. The van der Waals surface area contributed by atoms with E-state index < -0.39 is 5.60 Å². The summed E-state index contributed by atoms with van der Waals surface area (Å²) in [6, 6.07) is -0.00199. The van der Waals surface area contributed by atoms with Crippen LogP contribution in [0.3, 0.4) is 0 Å². The number of nitrogens with one attached hydrogen (secondary N) is 1. The van der Waals surface area contributed by atoms with Gasteiger partial charge in [-0.1, -0.05) is 65.5 Å². The van der Waals surface area contributed by atoms with E-state index >= 15 is 0 Å². The van der Waals surface area contributed by atoms with Crippen molar-refractivity contribution in [3.05, 3.63) is 11.6 Å². The fourth-order valence-electron chi connectivity index (χ4n) is 9.27. The number of amides is 1. The fraction of sp³-hybridized carbons (Fsp3) is 0.906. The molecule has 0 unspecified atom stereocenters. The molecule has 4 heteroatoms. The van der Waals surface area contributed by atoms with E-state index in [1.165, 1.54) is 50.5 Å². The highest BCUT2D eigenvalue weighted by atomic mass is 16.6. The minimum absolute atomic E-state index is 0.00199. The summed E-state index contributed by atoms with van der Waals surface area (Å²) in [6.45, 7) is 18.1. The minimum Gasteiger partial charge on any atom is -0.444 e. The van der Waals surface area contributed by atoms with Gasteiger partial charge < -0.3 is 15.2 Å². The number of fused-ring (bicyclic) bond motifs is 5. The summed E-state index contributed by atoms with van der Waals surface area (Å²) in [5.41, 5.74) is 1.37. The summed E-state index contributed by atoms with van der Waals surface area (Å²) in [7, 11) is 0. The van der Waals surface area contributed by atoms with Crippen LogP contribution < -0.4 is 5.32 Å². The van der Waals surface area contributed by atoms with Crippen molar-refractivity contribution in [2.45, 2.75) is 137 Å². The molecule has 0 radical (unpaired) electrons. The number of hydrogen-bond donors (Lipinski definition) is 2. The molecule has 0 saturated heterocycles. The predicted octanol–water partition coefficient (Wildman–Crippen LogP) is 7.89. The van der Waals surface area contributed by atoms with Crippen LogP contribution in [0, 0.1) is 46.3 Å². The Hall–Kier alpha value is -1.03. The molecule has 206 valence electrons. The van der Waals surface area contributed by atoms with Crippen molar-refractivity contribution in [3.8, 4) is 0 Å². The summed E-state index contributed by atoms with van der Waals surface area (Å²) in [4.78, 5) is 13.0. The molecule has 2 N–H and O–H groups in total. The number of carbonyl (C=O) groups excluding carboxylic acids is 1. The Labute approximate surface area is 221 Å². The molecule has 0 aromatic carbocycles. The van der Waals surface area contributed by atoms with E-state index in [-0.39, 0.29) is 23.7 Å². The molecule has 3 saturated carbocycles. The number of alkyl carbamates (subject to hydrolysis) is 1. The maximum Gasteiger partial charge on any atom is 0.408 e. The van der Waals surface area contributed by atoms with Crippen LogP contribution in [0.15, 0.2) is 11.6 Å². The lowest BCUT2D eigenvalue weighted by Crippen LogP contribution is -2.58. The lowest BCUT2D eigenvalue weighted by Gasteiger charge is -2.60. The molecule has 4 rings (SSSR count). The molecule has 0 aromatic rings.